The highest BCUT2D eigenvalue weighted by Gasteiger charge is 2.60. The van der Waals surface area contributed by atoms with Gasteiger partial charge in [0.05, 0.1) is 20.8 Å². The second kappa shape index (κ2) is 10.2. The number of hydrogen-bond acceptors (Lipinski definition) is 7. The summed E-state index contributed by atoms with van der Waals surface area (Å²) >= 11 is 6.51. The molecule has 0 fully saturated rings. The van der Waals surface area contributed by atoms with Gasteiger partial charge in [-0.15, -0.1) is 0 Å². The number of benzene rings is 2. The highest BCUT2D eigenvalue weighted by Crippen LogP contribution is 2.54. The van der Waals surface area contributed by atoms with Gasteiger partial charge in [-0.2, -0.15) is 0 Å². The van der Waals surface area contributed by atoms with Crippen LogP contribution in [0.2, 0.25) is 5.02 Å². The predicted octanol–water partition coefficient (Wildman–Crippen LogP) is 5.56. The van der Waals surface area contributed by atoms with Crippen LogP contribution in [0.5, 0.6) is 23.0 Å². The molecule has 0 saturated heterocycles. The summed E-state index contributed by atoms with van der Waals surface area (Å²) in [4.78, 5) is 26.3. The summed E-state index contributed by atoms with van der Waals surface area (Å²) in [5, 5.41) is 0.163. The Labute approximate surface area is 209 Å². The van der Waals surface area contributed by atoms with E-state index in [1.807, 2.05) is 24.3 Å². The Morgan fingerprint density at radius 1 is 1.09 bits per heavy atom. The van der Waals surface area contributed by atoms with Crippen LogP contribution in [0.15, 0.2) is 42.2 Å². The van der Waals surface area contributed by atoms with Crippen molar-refractivity contribution >= 4 is 23.2 Å². The van der Waals surface area contributed by atoms with Gasteiger partial charge in [0.2, 0.25) is 11.4 Å². The molecule has 186 valence electrons. The number of carbonyl (C=O) groups is 2. The number of fused-ring (bicyclic) bond motifs is 1. The second-order valence-electron chi connectivity index (χ2n) is 8.68. The highest BCUT2D eigenvalue weighted by molar-refractivity contribution is 6.35. The van der Waals surface area contributed by atoms with Crippen LogP contribution in [0, 0.1) is 5.92 Å². The molecule has 2 aromatic rings. The lowest BCUT2D eigenvalue weighted by atomic mass is 9.75. The Balaban J connectivity index is 1.63. The molecule has 1 heterocycles. The van der Waals surface area contributed by atoms with Crippen LogP contribution in [-0.2, 0) is 16.1 Å². The van der Waals surface area contributed by atoms with Crippen molar-refractivity contribution in [1.82, 2.24) is 0 Å². The first-order chi connectivity index (χ1) is 16.8. The van der Waals surface area contributed by atoms with Crippen LogP contribution in [-0.4, -0.2) is 38.0 Å². The van der Waals surface area contributed by atoms with E-state index in [0.717, 1.165) is 24.2 Å². The zero-order valence-corrected chi connectivity index (χ0v) is 21.1. The van der Waals surface area contributed by atoms with Crippen molar-refractivity contribution in [1.29, 1.82) is 0 Å². The van der Waals surface area contributed by atoms with Crippen molar-refractivity contribution in [2.24, 2.45) is 5.92 Å². The number of ketones is 2. The zero-order chi connectivity index (χ0) is 25.2. The number of Topliss-reactive ketones (excluding diaryl/α,β-unsaturated/α-hetero) is 1. The second-order valence-corrected chi connectivity index (χ2v) is 9.06. The lowest BCUT2D eigenvalue weighted by Gasteiger charge is -2.37. The molecule has 35 heavy (non-hydrogen) atoms. The maximum atomic E-state index is 13.9. The third-order valence-corrected chi connectivity index (χ3v) is 6.72. The number of ether oxygens (including phenoxy) is 5. The van der Waals surface area contributed by atoms with Gasteiger partial charge in [0.1, 0.15) is 34.4 Å². The summed E-state index contributed by atoms with van der Waals surface area (Å²) in [6.45, 7) is 4.71. The molecular weight excluding hydrogens is 472 g/mol. The molecule has 2 aromatic carbocycles. The molecule has 0 bridgehead atoms. The van der Waals surface area contributed by atoms with E-state index in [1.54, 1.807) is 13.0 Å². The standard InChI is InChI=1S/C27H29ClO7/c1-5-6-11-33-19-9-7-17(8-10-19)15-34-22-13-18(29)12-16(2)27(22)26(30)23-20(31-3)14-21(32-4)24(28)25(23)35-27/h7-10,13-14,16H,5-6,11-12,15H2,1-4H3. The minimum atomic E-state index is -1.53. The van der Waals surface area contributed by atoms with Crippen molar-refractivity contribution in [2.75, 3.05) is 20.8 Å². The predicted molar refractivity (Wildman–Crippen MR) is 131 cm³/mol. The largest absolute Gasteiger partial charge is 0.496 e. The molecule has 2 aliphatic rings. The molecule has 2 unspecified atom stereocenters. The van der Waals surface area contributed by atoms with Gasteiger partial charge in [0.15, 0.2) is 17.3 Å². The lowest BCUT2D eigenvalue weighted by Crippen LogP contribution is -2.51. The zero-order valence-electron chi connectivity index (χ0n) is 20.3. The minimum Gasteiger partial charge on any atom is -0.496 e. The van der Waals surface area contributed by atoms with E-state index >= 15 is 0 Å². The number of methoxy groups -OCH3 is 2. The van der Waals surface area contributed by atoms with Gasteiger partial charge in [-0.25, -0.2) is 0 Å². The van der Waals surface area contributed by atoms with Crippen LogP contribution in [0.1, 0.15) is 49.0 Å². The Morgan fingerprint density at radius 3 is 2.46 bits per heavy atom. The van der Waals surface area contributed by atoms with E-state index in [-0.39, 0.29) is 52.4 Å². The first-order valence-electron chi connectivity index (χ1n) is 11.6. The fourth-order valence-electron chi connectivity index (χ4n) is 4.42. The lowest BCUT2D eigenvalue weighted by molar-refractivity contribution is -0.118. The van der Waals surface area contributed by atoms with Crippen molar-refractivity contribution in [3.05, 3.63) is 58.3 Å². The summed E-state index contributed by atoms with van der Waals surface area (Å²) in [5.74, 6) is 0.709. The van der Waals surface area contributed by atoms with E-state index in [0.29, 0.717) is 12.4 Å². The maximum Gasteiger partial charge on any atom is 0.231 e. The van der Waals surface area contributed by atoms with Gasteiger partial charge < -0.3 is 23.7 Å². The SMILES string of the molecule is CCCCOc1ccc(COC2=CC(=O)CC(C)C23Oc2c(Cl)c(OC)cc(OC)c2C3=O)cc1. The number of rotatable bonds is 9. The summed E-state index contributed by atoms with van der Waals surface area (Å²) < 4.78 is 28.9. The average Bonchev–Trinajstić information content (AvgIpc) is 3.16. The topological polar surface area (TPSA) is 80.3 Å². The molecule has 0 amide bonds. The first-order valence-corrected chi connectivity index (χ1v) is 12.0. The van der Waals surface area contributed by atoms with E-state index in [2.05, 4.69) is 6.92 Å². The fourth-order valence-corrected chi connectivity index (χ4v) is 4.68. The Morgan fingerprint density at radius 2 is 1.80 bits per heavy atom. The molecule has 1 aliphatic heterocycles. The number of halogens is 1. The Hall–Kier alpha value is -3.19. The number of carbonyl (C=O) groups excluding carboxylic acids is 2. The average molecular weight is 501 g/mol. The fraction of sp³-hybridized carbons (Fsp3) is 0.407. The van der Waals surface area contributed by atoms with Crippen LogP contribution in [0.4, 0.5) is 0 Å². The Bertz CT molecular complexity index is 1160. The molecule has 0 saturated carbocycles. The monoisotopic (exact) mass is 500 g/mol. The summed E-state index contributed by atoms with van der Waals surface area (Å²) in [6, 6.07) is 9.07. The van der Waals surface area contributed by atoms with Crippen LogP contribution >= 0.6 is 11.6 Å². The molecular formula is C27H29ClO7. The van der Waals surface area contributed by atoms with Crippen LogP contribution in [0.3, 0.4) is 0 Å². The molecule has 7 nitrogen and oxygen atoms in total. The number of hydrogen-bond donors (Lipinski definition) is 0. The van der Waals surface area contributed by atoms with E-state index in [1.165, 1.54) is 20.3 Å². The van der Waals surface area contributed by atoms with E-state index in [4.69, 9.17) is 35.3 Å². The van der Waals surface area contributed by atoms with Crippen molar-refractivity contribution in [2.45, 2.75) is 45.3 Å². The molecule has 2 atom stereocenters. The molecule has 0 radical (unpaired) electrons. The van der Waals surface area contributed by atoms with Gasteiger partial charge in [0.25, 0.3) is 0 Å². The molecule has 8 heteroatoms. The molecule has 1 aliphatic carbocycles. The quantitative estimate of drug-likeness (QED) is 0.417. The molecule has 4 rings (SSSR count). The van der Waals surface area contributed by atoms with Crippen molar-refractivity contribution < 1.29 is 33.3 Å². The highest BCUT2D eigenvalue weighted by atomic mass is 35.5. The van der Waals surface area contributed by atoms with Crippen molar-refractivity contribution in [3.63, 3.8) is 0 Å². The number of unbranched alkanes of at least 4 members (excludes halogenated alkanes) is 1. The normalized spacial score (nSPS) is 20.8. The molecule has 0 aromatic heterocycles. The van der Waals surface area contributed by atoms with E-state index in [9.17, 15) is 9.59 Å². The molecule has 0 N–H and O–H groups in total. The molecule has 1 spiro atoms. The smallest absolute Gasteiger partial charge is 0.231 e. The maximum absolute atomic E-state index is 13.9. The summed E-state index contributed by atoms with van der Waals surface area (Å²) in [7, 11) is 2.92. The van der Waals surface area contributed by atoms with Gasteiger partial charge in [-0.3, -0.25) is 9.59 Å². The Kier molecular flexibility index (Phi) is 7.26. The third kappa shape index (κ3) is 4.45. The minimum absolute atomic E-state index is 0.132. The number of allylic oxidation sites excluding steroid dienone is 1. The van der Waals surface area contributed by atoms with Gasteiger partial charge in [-0.1, -0.05) is 44.0 Å². The third-order valence-electron chi connectivity index (χ3n) is 6.36. The summed E-state index contributed by atoms with van der Waals surface area (Å²) in [6.07, 6.45) is 3.54. The van der Waals surface area contributed by atoms with Gasteiger partial charge in [0, 0.05) is 24.5 Å². The van der Waals surface area contributed by atoms with Crippen LogP contribution < -0.4 is 18.9 Å². The van der Waals surface area contributed by atoms with E-state index < -0.39 is 11.5 Å². The van der Waals surface area contributed by atoms with Crippen molar-refractivity contribution in [3.8, 4) is 23.0 Å². The van der Waals surface area contributed by atoms with Gasteiger partial charge in [-0.05, 0) is 24.1 Å². The first kappa shape index (κ1) is 24.9. The summed E-state index contributed by atoms with van der Waals surface area (Å²) in [5.41, 5.74) is -0.458. The van der Waals surface area contributed by atoms with Crippen LogP contribution in [0.25, 0.3) is 0 Å². The van der Waals surface area contributed by atoms with Gasteiger partial charge >= 0.3 is 0 Å².